The molecular formula is C14H18N4O2S. The Morgan fingerprint density at radius 3 is 2.76 bits per heavy atom. The van der Waals surface area contributed by atoms with E-state index in [1.54, 1.807) is 10.9 Å². The first-order valence-corrected chi connectivity index (χ1v) is 8.79. The first-order chi connectivity index (χ1) is 10.1. The van der Waals surface area contributed by atoms with Gasteiger partial charge in [-0.25, -0.2) is 13.1 Å². The van der Waals surface area contributed by atoms with E-state index in [4.69, 9.17) is 5.73 Å². The Kier molecular flexibility index (Phi) is 3.77. The first-order valence-electron chi connectivity index (χ1n) is 6.97. The molecule has 0 saturated carbocycles. The number of rotatable bonds is 4. The molecule has 1 aromatic carbocycles. The Morgan fingerprint density at radius 1 is 1.33 bits per heavy atom. The fraction of sp³-hybridized carbons (Fsp3) is 0.429. The van der Waals surface area contributed by atoms with Gasteiger partial charge in [-0.3, -0.25) is 0 Å². The van der Waals surface area contributed by atoms with E-state index in [-0.39, 0.29) is 23.5 Å². The number of nitrogens with zero attached hydrogens (tertiary/aromatic N) is 3. The second-order valence-corrected chi connectivity index (χ2v) is 7.75. The minimum Gasteiger partial charge on any atom is -0.323 e. The second-order valence-electron chi connectivity index (χ2n) is 5.52. The van der Waals surface area contributed by atoms with Crippen LogP contribution >= 0.6 is 0 Å². The van der Waals surface area contributed by atoms with Crippen molar-refractivity contribution in [3.05, 3.63) is 42.2 Å². The van der Waals surface area contributed by atoms with E-state index in [0.717, 1.165) is 11.4 Å². The minimum absolute atomic E-state index is 0.129. The molecule has 1 fully saturated rings. The van der Waals surface area contributed by atoms with Gasteiger partial charge in [0.15, 0.2) is 9.84 Å². The van der Waals surface area contributed by atoms with Crippen molar-refractivity contribution in [3.63, 3.8) is 0 Å². The molecule has 112 valence electrons. The average Bonchev–Trinajstić information content (AvgIpc) is 3.06. The molecule has 2 atom stereocenters. The number of nitrogens with two attached hydrogens (primary N) is 1. The maximum Gasteiger partial charge on any atom is 0.150 e. The van der Waals surface area contributed by atoms with Crippen LogP contribution in [0.25, 0.3) is 5.69 Å². The van der Waals surface area contributed by atoms with E-state index in [1.807, 2.05) is 30.3 Å². The lowest BCUT2D eigenvalue weighted by Gasteiger charge is -2.16. The normalized spacial score (nSPS) is 22.2. The lowest BCUT2D eigenvalue weighted by Crippen LogP contribution is -2.19. The molecule has 1 saturated heterocycles. The summed E-state index contributed by atoms with van der Waals surface area (Å²) in [4.78, 5) is 0. The van der Waals surface area contributed by atoms with Crippen LogP contribution in [-0.2, 0) is 9.84 Å². The summed E-state index contributed by atoms with van der Waals surface area (Å²) >= 11 is 0. The van der Waals surface area contributed by atoms with Crippen molar-refractivity contribution in [1.29, 1.82) is 0 Å². The molecule has 6 nitrogen and oxygen atoms in total. The fourth-order valence-corrected chi connectivity index (χ4v) is 4.68. The van der Waals surface area contributed by atoms with Gasteiger partial charge in [0.1, 0.15) is 0 Å². The Labute approximate surface area is 123 Å². The van der Waals surface area contributed by atoms with Crippen molar-refractivity contribution in [3.8, 4) is 5.69 Å². The van der Waals surface area contributed by atoms with E-state index in [0.29, 0.717) is 12.8 Å². The number of benzene rings is 1. The summed E-state index contributed by atoms with van der Waals surface area (Å²) in [6.07, 6.45) is 2.99. The third kappa shape index (κ3) is 3.14. The van der Waals surface area contributed by atoms with Crippen molar-refractivity contribution in [1.82, 2.24) is 15.0 Å². The molecule has 2 unspecified atom stereocenters. The summed E-state index contributed by atoms with van der Waals surface area (Å²) in [5, 5.41) is 8.02. The molecule has 0 amide bonds. The van der Waals surface area contributed by atoms with Crippen molar-refractivity contribution in [2.75, 3.05) is 11.5 Å². The predicted molar refractivity (Wildman–Crippen MR) is 79.7 cm³/mol. The zero-order valence-electron chi connectivity index (χ0n) is 11.6. The highest BCUT2D eigenvalue weighted by molar-refractivity contribution is 7.91. The third-order valence-corrected chi connectivity index (χ3v) is 5.71. The van der Waals surface area contributed by atoms with Crippen LogP contribution < -0.4 is 5.73 Å². The highest BCUT2D eigenvalue weighted by Crippen LogP contribution is 2.28. The van der Waals surface area contributed by atoms with Gasteiger partial charge < -0.3 is 5.73 Å². The smallest absolute Gasteiger partial charge is 0.150 e. The molecule has 1 aromatic heterocycles. The summed E-state index contributed by atoms with van der Waals surface area (Å²) in [6.45, 7) is 0. The molecule has 2 N–H and O–H groups in total. The monoisotopic (exact) mass is 306 g/mol. The molecule has 21 heavy (non-hydrogen) atoms. The highest BCUT2D eigenvalue weighted by Gasteiger charge is 2.30. The van der Waals surface area contributed by atoms with Gasteiger partial charge in [0.05, 0.1) is 29.1 Å². The Hall–Kier alpha value is -1.73. The Morgan fingerprint density at radius 2 is 2.10 bits per heavy atom. The van der Waals surface area contributed by atoms with Gasteiger partial charge in [-0.15, -0.1) is 5.10 Å². The summed E-state index contributed by atoms with van der Waals surface area (Å²) in [5.74, 6) is 0.651. The molecule has 3 rings (SSSR count). The van der Waals surface area contributed by atoms with Gasteiger partial charge in [0.2, 0.25) is 0 Å². The van der Waals surface area contributed by atoms with E-state index in [2.05, 4.69) is 10.3 Å². The van der Waals surface area contributed by atoms with Gasteiger partial charge in [-0.1, -0.05) is 23.4 Å². The molecule has 2 heterocycles. The van der Waals surface area contributed by atoms with Gasteiger partial charge in [-0.2, -0.15) is 0 Å². The van der Waals surface area contributed by atoms with Crippen LogP contribution in [0.15, 0.2) is 36.5 Å². The average molecular weight is 306 g/mol. The molecule has 7 heteroatoms. The number of para-hydroxylation sites is 1. The topological polar surface area (TPSA) is 90.9 Å². The largest absolute Gasteiger partial charge is 0.323 e. The molecule has 2 aromatic rings. The van der Waals surface area contributed by atoms with Gasteiger partial charge in [0.25, 0.3) is 0 Å². The lowest BCUT2D eigenvalue weighted by molar-refractivity contribution is 0.468. The second kappa shape index (κ2) is 5.57. The molecule has 1 aliphatic heterocycles. The number of hydrogen-bond acceptors (Lipinski definition) is 5. The zero-order valence-corrected chi connectivity index (χ0v) is 12.4. The standard InChI is InChI=1S/C14H18N4O2S/c15-13(8-11-6-7-21(19,20)10-11)14-9-16-17-18(14)12-4-2-1-3-5-12/h1-5,9,11,13H,6-8,10,15H2. The van der Waals surface area contributed by atoms with Crippen LogP contribution in [0.5, 0.6) is 0 Å². The Bertz CT molecular complexity index is 712. The molecule has 0 bridgehead atoms. The zero-order chi connectivity index (χ0) is 14.9. The first kappa shape index (κ1) is 14.2. The fourth-order valence-electron chi connectivity index (χ4n) is 2.80. The van der Waals surface area contributed by atoms with Crippen LogP contribution in [0.4, 0.5) is 0 Å². The van der Waals surface area contributed by atoms with E-state index < -0.39 is 9.84 Å². The van der Waals surface area contributed by atoms with Gasteiger partial charge >= 0.3 is 0 Å². The van der Waals surface area contributed by atoms with Gasteiger partial charge in [0, 0.05) is 6.04 Å². The van der Waals surface area contributed by atoms with Crippen LogP contribution in [0, 0.1) is 5.92 Å². The summed E-state index contributed by atoms with van der Waals surface area (Å²) in [6, 6.07) is 9.39. The van der Waals surface area contributed by atoms with Crippen molar-refractivity contribution in [2.24, 2.45) is 11.7 Å². The quantitative estimate of drug-likeness (QED) is 0.913. The van der Waals surface area contributed by atoms with Crippen LogP contribution in [0.2, 0.25) is 0 Å². The number of aromatic nitrogens is 3. The summed E-state index contributed by atoms with van der Waals surface area (Å²) < 4.78 is 24.8. The van der Waals surface area contributed by atoms with Gasteiger partial charge in [-0.05, 0) is 30.9 Å². The van der Waals surface area contributed by atoms with Crippen molar-refractivity contribution < 1.29 is 8.42 Å². The molecule has 1 aliphatic rings. The Balaban J connectivity index is 1.77. The molecule has 0 aliphatic carbocycles. The number of sulfone groups is 1. The highest BCUT2D eigenvalue weighted by atomic mass is 32.2. The van der Waals surface area contributed by atoms with Crippen molar-refractivity contribution in [2.45, 2.75) is 18.9 Å². The maximum absolute atomic E-state index is 11.5. The number of hydrogen-bond donors (Lipinski definition) is 1. The molecule has 0 radical (unpaired) electrons. The van der Waals surface area contributed by atoms with Crippen LogP contribution in [-0.4, -0.2) is 34.9 Å². The maximum atomic E-state index is 11.5. The van der Waals surface area contributed by atoms with Crippen LogP contribution in [0.1, 0.15) is 24.6 Å². The third-order valence-electron chi connectivity index (χ3n) is 3.87. The molecular weight excluding hydrogens is 288 g/mol. The SMILES string of the molecule is NC(CC1CCS(=O)(=O)C1)c1cnnn1-c1ccccc1. The minimum atomic E-state index is -2.87. The van der Waals surface area contributed by atoms with E-state index in [1.165, 1.54) is 0 Å². The van der Waals surface area contributed by atoms with Crippen LogP contribution in [0.3, 0.4) is 0 Å². The van der Waals surface area contributed by atoms with Crippen molar-refractivity contribution >= 4 is 9.84 Å². The predicted octanol–water partition coefficient (Wildman–Crippen LogP) is 1.09. The lowest BCUT2D eigenvalue weighted by atomic mass is 9.98. The summed E-state index contributed by atoms with van der Waals surface area (Å²) in [5.41, 5.74) is 7.96. The summed E-state index contributed by atoms with van der Waals surface area (Å²) in [7, 11) is -2.87. The molecule has 0 spiro atoms. The van der Waals surface area contributed by atoms with E-state index >= 15 is 0 Å². The van der Waals surface area contributed by atoms with E-state index in [9.17, 15) is 8.42 Å².